The van der Waals surface area contributed by atoms with Crippen LogP contribution in [0.1, 0.15) is 17.2 Å². The van der Waals surface area contributed by atoms with Crippen molar-refractivity contribution in [2.45, 2.75) is 13.0 Å². The Morgan fingerprint density at radius 3 is 2.79 bits per heavy atom. The van der Waals surface area contributed by atoms with Gasteiger partial charge in [0, 0.05) is 42.2 Å². The number of nitro groups is 1. The molecule has 9 nitrogen and oxygen atoms in total. The second-order valence-corrected chi connectivity index (χ2v) is 7.96. The molecule has 2 aromatic carbocycles. The number of nitro benzene ring substituents is 1. The van der Waals surface area contributed by atoms with Gasteiger partial charge in [0.15, 0.2) is 0 Å². The Morgan fingerprint density at radius 1 is 1.18 bits per heavy atom. The molecule has 1 fully saturated rings. The third-order valence-electron chi connectivity index (χ3n) is 5.86. The van der Waals surface area contributed by atoms with Crippen LogP contribution in [0.5, 0.6) is 11.5 Å². The minimum Gasteiger partial charge on any atom is -0.489 e. The van der Waals surface area contributed by atoms with Crippen LogP contribution in [0.15, 0.2) is 63.5 Å². The number of morpholine rings is 1. The Balaban J connectivity index is 1.40. The van der Waals surface area contributed by atoms with Crippen LogP contribution in [0.2, 0.25) is 0 Å². The van der Waals surface area contributed by atoms with Crippen molar-refractivity contribution in [1.82, 2.24) is 4.90 Å². The summed E-state index contributed by atoms with van der Waals surface area (Å²) in [5.41, 5.74) is 1.74. The molecule has 0 saturated carbocycles. The second kappa shape index (κ2) is 8.68. The molecule has 3 aromatic rings. The fourth-order valence-corrected chi connectivity index (χ4v) is 4.27. The van der Waals surface area contributed by atoms with Crippen LogP contribution < -0.4 is 15.1 Å². The van der Waals surface area contributed by atoms with Crippen LogP contribution in [-0.2, 0) is 4.74 Å². The fourth-order valence-electron chi connectivity index (χ4n) is 4.27. The summed E-state index contributed by atoms with van der Waals surface area (Å²) in [6, 6.07) is 11.2. The first-order valence-electron chi connectivity index (χ1n) is 10.6. The maximum atomic E-state index is 11.6. The first kappa shape index (κ1) is 21.2. The number of aryl methyl sites for hydroxylation is 1. The Labute approximate surface area is 188 Å². The maximum absolute atomic E-state index is 11.6. The highest BCUT2D eigenvalue weighted by Crippen LogP contribution is 2.44. The summed E-state index contributed by atoms with van der Waals surface area (Å²) in [5, 5.41) is 12.1. The molecule has 170 valence electrons. The van der Waals surface area contributed by atoms with Crippen molar-refractivity contribution in [3.05, 3.63) is 86.0 Å². The molecule has 0 bridgehead atoms. The van der Waals surface area contributed by atoms with Crippen LogP contribution in [-0.4, -0.2) is 42.7 Å². The van der Waals surface area contributed by atoms with Gasteiger partial charge in [0.05, 0.1) is 24.2 Å². The molecule has 0 N–H and O–H groups in total. The smallest absolute Gasteiger partial charge is 0.336 e. The second-order valence-electron chi connectivity index (χ2n) is 7.96. The van der Waals surface area contributed by atoms with Crippen LogP contribution in [0, 0.1) is 17.0 Å². The third kappa shape index (κ3) is 4.20. The lowest BCUT2D eigenvalue weighted by molar-refractivity contribution is -0.384. The van der Waals surface area contributed by atoms with E-state index in [1.54, 1.807) is 24.3 Å². The molecule has 33 heavy (non-hydrogen) atoms. The number of ether oxygens (including phenoxy) is 3. The van der Waals surface area contributed by atoms with Gasteiger partial charge in [0.1, 0.15) is 29.4 Å². The third-order valence-corrected chi connectivity index (χ3v) is 5.86. The molecule has 2 aliphatic rings. The van der Waals surface area contributed by atoms with Crippen molar-refractivity contribution in [1.29, 1.82) is 0 Å². The van der Waals surface area contributed by atoms with Gasteiger partial charge in [-0.3, -0.25) is 15.0 Å². The molecular weight excluding hydrogens is 428 g/mol. The monoisotopic (exact) mass is 450 g/mol. The van der Waals surface area contributed by atoms with Gasteiger partial charge in [-0.1, -0.05) is 0 Å². The number of benzene rings is 2. The van der Waals surface area contributed by atoms with E-state index in [2.05, 4.69) is 4.90 Å². The molecule has 0 spiro atoms. The van der Waals surface area contributed by atoms with Gasteiger partial charge in [0.25, 0.3) is 5.69 Å². The van der Waals surface area contributed by atoms with Gasteiger partial charge in [0.2, 0.25) is 0 Å². The molecule has 5 rings (SSSR count). The molecule has 0 aliphatic carbocycles. The summed E-state index contributed by atoms with van der Waals surface area (Å²) < 4.78 is 22.7. The molecule has 9 heteroatoms. The van der Waals surface area contributed by atoms with Crippen molar-refractivity contribution in [2.75, 3.05) is 32.9 Å². The van der Waals surface area contributed by atoms with Gasteiger partial charge in [-0.25, -0.2) is 4.79 Å². The first-order valence-corrected chi connectivity index (χ1v) is 10.6. The van der Waals surface area contributed by atoms with Gasteiger partial charge in [-0.2, -0.15) is 0 Å². The lowest BCUT2D eigenvalue weighted by Gasteiger charge is -2.32. The molecule has 0 amide bonds. The standard InChI is InChI=1S/C24H22N2O7/c1-15-12-23(27)33-20-5-3-17(14-18(15)20)31-9-6-22-24(25-7-10-30-11-8-25)19-13-16(26(28)29)2-4-21(19)32-22/h2-6,12-14,24H,7-11H2,1H3. The van der Waals surface area contributed by atoms with Crippen molar-refractivity contribution in [3.63, 3.8) is 0 Å². The Bertz CT molecular complexity index is 1310. The number of hydrogen-bond acceptors (Lipinski definition) is 8. The molecule has 1 saturated heterocycles. The Morgan fingerprint density at radius 2 is 2.00 bits per heavy atom. The zero-order chi connectivity index (χ0) is 22.9. The zero-order valence-corrected chi connectivity index (χ0v) is 18.0. The quantitative estimate of drug-likeness (QED) is 0.329. The van der Waals surface area contributed by atoms with Crippen molar-refractivity contribution in [3.8, 4) is 11.5 Å². The average Bonchev–Trinajstić information content (AvgIpc) is 3.17. The van der Waals surface area contributed by atoms with E-state index < -0.39 is 4.92 Å². The van der Waals surface area contributed by atoms with Gasteiger partial charge in [-0.05, 0) is 42.8 Å². The van der Waals surface area contributed by atoms with E-state index in [-0.39, 0.29) is 24.0 Å². The Kier molecular flexibility index (Phi) is 5.57. The largest absolute Gasteiger partial charge is 0.489 e. The van der Waals surface area contributed by atoms with Gasteiger partial charge in [-0.15, -0.1) is 0 Å². The molecular formula is C24H22N2O7. The van der Waals surface area contributed by atoms with Crippen molar-refractivity contribution >= 4 is 16.7 Å². The van der Waals surface area contributed by atoms with Gasteiger partial charge >= 0.3 is 5.63 Å². The fraction of sp³-hybridized carbons (Fsp3) is 0.292. The molecule has 1 unspecified atom stereocenters. The van der Waals surface area contributed by atoms with E-state index in [9.17, 15) is 14.9 Å². The van der Waals surface area contributed by atoms with Crippen LogP contribution >= 0.6 is 0 Å². The zero-order valence-electron chi connectivity index (χ0n) is 18.0. The van der Waals surface area contributed by atoms with E-state index in [1.807, 2.05) is 19.1 Å². The summed E-state index contributed by atoms with van der Waals surface area (Å²) in [6.45, 7) is 4.68. The number of fused-ring (bicyclic) bond motifs is 2. The predicted molar refractivity (Wildman–Crippen MR) is 120 cm³/mol. The van der Waals surface area contributed by atoms with Crippen LogP contribution in [0.3, 0.4) is 0 Å². The summed E-state index contributed by atoms with van der Waals surface area (Å²) in [6.07, 6.45) is 1.86. The average molecular weight is 450 g/mol. The van der Waals surface area contributed by atoms with Crippen molar-refractivity contribution < 1.29 is 23.6 Å². The maximum Gasteiger partial charge on any atom is 0.336 e. The van der Waals surface area contributed by atoms with E-state index in [4.69, 9.17) is 18.6 Å². The van der Waals surface area contributed by atoms with Crippen LogP contribution in [0.4, 0.5) is 5.69 Å². The predicted octanol–water partition coefficient (Wildman–Crippen LogP) is 3.74. The van der Waals surface area contributed by atoms with E-state index in [1.165, 1.54) is 12.1 Å². The van der Waals surface area contributed by atoms with Crippen molar-refractivity contribution in [2.24, 2.45) is 0 Å². The highest BCUT2D eigenvalue weighted by Gasteiger charge is 2.36. The van der Waals surface area contributed by atoms with Gasteiger partial charge < -0.3 is 18.6 Å². The summed E-state index contributed by atoms with van der Waals surface area (Å²) >= 11 is 0. The molecule has 3 heterocycles. The first-order chi connectivity index (χ1) is 16.0. The summed E-state index contributed by atoms with van der Waals surface area (Å²) in [4.78, 5) is 24.7. The minimum atomic E-state index is -0.398. The highest BCUT2D eigenvalue weighted by atomic mass is 16.6. The van der Waals surface area contributed by atoms with E-state index >= 15 is 0 Å². The molecule has 0 radical (unpaired) electrons. The lowest BCUT2D eigenvalue weighted by atomic mass is 10.0. The summed E-state index contributed by atoms with van der Waals surface area (Å²) in [5.74, 6) is 1.92. The number of rotatable bonds is 5. The molecule has 2 aliphatic heterocycles. The minimum absolute atomic E-state index is 0.0336. The number of nitrogens with zero attached hydrogens (tertiary/aromatic N) is 2. The van der Waals surface area contributed by atoms with Crippen LogP contribution in [0.25, 0.3) is 11.0 Å². The number of hydrogen-bond donors (Lipinski definition) is 0. The number of non-ortho nitro benzene ring substituents is 1. The lowest BCUT2D eigenvalue weighted by Crippen LogP contribution is -2.39. The molecule has 1 aromatic heterocycles. The van der Waals surface area contributed by atoms with E-state index in [0.29, 0.717) is 49.1 Å². The SMILES string of the molecule is Cc1cc(=O)oc2ccc(OCC=C3Oc4ccc([N+](=O)[O-])cc4C3N3CCOCC3)cc12. The van der Waals surface area contributed by atoms with E-state index in [0.717, 1.165) is 16.5 Å². The normalized spacial score (nSPS) is 19.4. The summed E-state index contributed by atoms with van der Waals surface area (Å²) in [7, 11) is 0. The highest BCUT2D eigenvalue weighted by molar-refractivity contribution is 5.81. The topological polar surface area (TPSA) is 104 Å². The Hall–Kier alpha value is -3.69. The molecule has 1 atom stereocenters.